The van der Waals surface area contributed by atoms with Crippen LogP contribution in [0.1, 0.15) is 11.1 Å². The second kappa shape index (κ2) is 7.26. The van der Waals surface area contributed by atoms with Crippen molar-refractivity contribution < 1.29 is 18.7 Å². The van der Waals surface area contributed by atoms with Crippen molar-refractivity contribution in [2.75, 3.05) is 19.5 Å². The summed E-state index contributed by atoms with van der Waals surface area (Å²) in [5.74, 6) is 0.668. The lowest BCUT2D eigenvalue weighted by atomic mass is 10.0. The van der Waals surface area contributed by atoms with Crippen LogP contribution >= 0.6 is 0 Å². The summed E-state index contributed by atoms with van der Waals surface area (Å²) in [6.07, 6.45) is 3.05. The Bertz CT molecular complexity index is 1010. The maximum atomic E-state index is 12.4. The number of pyridine rings is 1. The maximum Gasteiger partial charge on any atom is 0.340 e. The van der Waals surface area contributed by atoms with Gasteiger partial charge in [0.2, 0.25) is 5.91 Å². The minimum atomic E-state index is -0.549. The number of nitrogens with one attached hydrogen (secondary N) is 1. The van der Waals surface area contributed by atoms with Crippen LogP contribution in [-0.4, -0.2) is 25.1 Å². The molecule has 7 heteroatoms. The normalized spacial score (nSPS) is 10.6. The number of hydrogen-bond donors (Lipinski definition) is 1. The molecule has 0 aliphatic heterocycles. The van der Waals surface area contributed by atoms with E-state index in [1.807, 2.05) is 0 Å². The number of ether oxygens (including phenoxy) is 2. The fraction of sp³-hybridized carbons (Fsp3) is 0.211. The number of amides is 1. The van der Waals surface area contributed by atoms with E-state index in [1.165, 1.54) is 14.2 Å². The van der Waals surface area contributed by atoms with E-state index in [9.17, 15) is 9.59 Å². The van der Waals surface area contributed by atoms with Crippen molar-refractivity contribution in [3.05, 3.63) is 58.2 Å². The van der Waals surface area contributed by atoms with Crippen LogP contribution in [0.4, 0.5) is 5.69 Å². The molecular weight excluding hydrogens is 336 g/mol. The highest BCUT2D eigenvalue weighted by Gasteiger charge is 2.17. The van der Waals surface area contributed by atoms with Crippen LogP contribution in [0, 0.1) is 6.92 Å². The first-order valence-electron chi connectivity index (χ1n) is 7.91. The molecule has 0 fully saturated rings. The summed E-state index contributed by atoms with van der Waals surface area (Å²) >= 11 is 0. The zero-order chi connectivity index (χ0) is 18.7. The van der Waals surface area contributed by atoms with E-state index in [0.29, 0.717) is 39.3 Å². The average molecular weight is 354 g/mol. The second-order valence-electron chi connectivity index (χ2n) is 5.66. The SMILES string of the molecule is COc1cc2oc(=O)c(CC(=O)Nc3ccncc3)c(C)c2cc1OC. The van der Waals surface area contributed by atoms with E-state index in [1.54, 1.807) is 43.6 Å². The summed E-state index contributed by atoms with van der Waals surface area (Å²) in [7, 11) is 3.04. The highest BCUT2D eigenvalue weighted by Crippen LogP contribution is 2.33. The molecule has 0 saturated carbocycles. The molecule has 0 radical (unpaired) electrons. The summed E-state index contributed by atoms with van der Waals surface area (Å²) in [4.78, 5) is 28.5. The fourth-order valence-corrected chi connectivity index (χ4v) is 2.72. The molecule has 1 amide bonds. The number of methoxy groups -OCH3 is 2. The van der Waals surface area contributed by atoms with Gasteiger partial charge in [-0.05, 0) is 30.7 Å². The number of benzene rings is 1. The van der Waals surface area contributed by atoms with Gasteiger partial charge < -0.3 is 19.2 Å². The van der Waals surface area contributed by atoms with Crippen molar-refractivity contribution >= 4 is 22.6 Å². The molecule has 2 heterocycles. The lowest BCUT2D eigenvalue weighted by Gasteiger charge is -2.12. The third kappa shape index (κ3) is 3.37. The van der Waals surface area contributed by atoms with Crippen LogP contribution < -0.4 is 20.4 Å². The third-order valence-electron chi connectivity index (χ3n) is 4.09. The Morgan fingerprint density at radius 3 is 2.46 bits per heavy atom. The zero-order valence-corrected chi connectivity index (χ0v) is 14.7. The van der Waals surface area contributed by atoms with Crippen molar-refractivity contribution in [1.82, 2.24) is 4.98 Å². The van der Waals surface area contributed by atoms with Gasteiger partial charge in [0.15, 0.2) is 11.5 Å². The van der Waals surface area contributed by atoms with Gasteiger partial charge in [0.1, 0.15) is 5.58 Å². The van der Waals surface area contributed by atoms with E-state index in [0.717, 1.165) is 0 Å². The maximum absolute atomic E-state index is 12.4. The van der Waals surface area contributed by atoms with E-state index < -0.39 is 5.63 Å². The minimum Gasteiger partial charge on any atom is -0.493 e. The number of hydrogen-bond acceptors (Lipinski definition) is 6. The molecule has 1 N–H and O–H groups in total. The summed E-state index contributed by atoms with van der Waals surface area (Å²) in [5.41, 5.74) is 1.41. The molecule has 0 unspecified atom stereocenters. The smallest absolute Gasteiger partial charge is 0.340 e. The Morgan fingerprint density at radius 1 is 1.15 bits per heavy atom. The van der Waals surface area contributed by atoms with E-state index >= 15 is 0 Å². The number of aryl methyl sites for hydroxylation is 1. The molecule has 3 aromatic rings. The van der Waals surface area contributed by atoms with Gasteiger partial charge in [0, 0.05) is 29.5 Å². The van der Waals surface area contributed by atoms with Crippen molar-refractivity contribution in [3.63, 3.8) is 0 Å². The number of aromatic nitrogens is 1. The van der Waals surface area contributed by atoms with Crippen LogP contribution in [0.15, 0.2) is 45.9 Å². The second-order valence-corrected chi connectivity index (χ2v) is 5.66. The van der Waals surface area contributed by atoms with Crippen LogP contribution in [0.3, 0.4) is 0 Å². The van der Waals surface area contributed by atoms with Gasteiger partial charge in [-0.15, -0.1) is 0 Å². The molecule has 0 spiro atoms. The number of carbonyl (C=O) groups excluding carboxylic acids is 1. The predicted octanol–water partition coefficient (Wildman–Crippen LogP) is 2.69. The van der Waals surface area contributed by atoms with Gasteiger partial charge >= 0.3 is 5.63 Å². The molecule has 2 aromatic heterocycles. The number of nitrogens with zero attached hydrogens (tertiary/aromatic N) is 1. The molecule has 7 nitrogen and oxygen atoms in total. The first-order chi connectivity index (χ1) is 12.5. The summed E-state index contributed by atoms with van der Waals surface area (Å²) in [6, 6.07) is 6.68. The van der Waals surface area contributed by atoms with Gasteiger partial charge in [-0.2, -0.15) is 0 Å². The minimum absolute atomic E-state index is 0.0965. The first-order valence-corrected chi connectivity index (χ1v) is 7.91. The molecule has 0 aliphatic carbocycles. The van der Waals surface area contributed by atoms with Crippen LogP contribution in [-0.2, 0) is 11.2 Å². The Morgan fingerprint density at radius 2 is 1.81 bits per heavy atom. The Labute approximate surface area is 149 Å². The van der Waals surface area contributed by atoms with E-state index in [-0.39, 0.29) is 12.3 Å². The standard InChI is InChI=1S/C19H18N2O5/c1-11-13-8-16(24-2)17(25-3)10-15(13)26-19(23)14(11)9-18(22)21-12-4-6-20-7-5-12/h4-8,10H,9H2,1-3H3,(H,20,21,22). The van der Waals surface area contributed by atoms with Crippen molar-refractivity contribution in [1.29, 1.82) is 0 Å². The zero-order valence-electron chi connectivity index (χ0n) is 14.7. The lowest BCUT2D eigenvalue weighted by molar-refractivity contribution is -0.115. The van der Waals surface area contributed by atoms with Gasteiger partial charge in [-0.1, -0.05) is 0 Å². The van der Waals surface area contributed by atoms with Crippen molar-refractivity contribution in [2.24, 2.45) is 0 Å². The fourth-order valence-electron chi connectivity index (χ4n) is 2.72. The molecule has 1 aromatic carbocycles. The molecule has 0 aliphatic rings. The topological polar surface area (TPSA) is 90.7 Å². The number of anilines is 1. The number of carbonyl (C=O) groups is 1. The molecule has 0 saturated heterocycles. The molecule has 0 bridgehead atoms. The van der Waals surface area contributed by atoms with Gasteiger partial charge in [0.25, 0.3) is 0 Å². The summed E-state index contributed by atoms with van der Waals surface area (Å²) in [5, 5.41) is 3.42. The number of fused-ring (bicyclic) bond motifs is 1. The quantitative estimate of drug-likeness (QED) is 0.709. The van der Waals surface area contributed by atoms with Gasteiger partial charge in [-0.3, -0.25) is 9.78 Å². The highest BCUT2D eigenvalue weighted by molar-refractivity contribution is 5.93. The van der Waals surface area contributed by atoms with Crippen LogP contribution in [0.5, 0.6) is 11.5 Å². The largest absolute Gasteiger partial charge is 0.493 e. The third-order valence-corrected chi connectivity index (χ3v) is 4.09. The number of rotatable bonds is 5. The van der Waals surface area contributed by atoms with Crippen molar-refractivity contribution in [3.8, 4) is 11.5 Å². The lowest BCUT2D eigenvalue weighted by Crippen LogP contribution is -2.20. The van der Waals surface area contributed by atoms with Crippen LogP contribution in [0.25, 0.3) is 11.0 Å². The van der Waals surface area contributed by atoms with E-state index in [2.05, 4.69) is 10.3 Å². The average Bonchev–Trinajstić information content (AvgIpc) is 2.65. The predicted molar refractivity (Wildman–Crippen MR) is 96.9 cm³/mol. The van der Waals surface area contributed by atoms with E-state index in [4.69, 9.17) is 13.9 Å². The Balaban J connectivity index is 1.98. The molecule has 3 rings (SSSR count). The Hall–Kier alpha value is -3.35. The monoisotopic (exact) mass is 354 g/mol. The van der Waals surface area contributed by atoms with Gasteiger partial charge in [0.05, 0.1) is 26.2 Å². The summed E-state index contributed by atoms with van der Waals surface area (Å²) in [6.45, 7) is 1.78. The molecular formula is C19H18N2O5. The molecule has 0 atom stereocenters. The molecule has 26 heavy (non-hydrogen) atoms. The highest BCUT2D eigenvalue weighted by atomic mass is 16.5. The molecule has 134 valence electrons. The Kier molecular flexibility index (Phi) is 4.88. The van der Waals surface area contributed by atoms with Crippen molar-refractivity contribution in [2.45, 2.75) is 13.3 Å². The first kappa shape index (κ1) is 17.5. The van der Waals surface area contributed by atoms with Crippen LogP contribution in [0.2, 0.25) is 0 Å². The summed E-state index contributed by atoms with van der Waals surface area (Å²) < 4.78 is 15.9. The van der Waals surface area contributed by atoms with Gasteiger partial charge in [-0.25, -0.2) is 4.79 Å².